The molecule has 2 aromatic rings. The van der Waals surface area contributed by atoms with Crippen LogP contribution in [-0.4, -0.2) is 23.5 Å². The summed E-state index contributed by atoms with van der Waals surface area (Å²) in [7, 11) is -4.05. The molecule has 2 N–H and O–H groups in total. The molecule has 0 saturated heterocycles. The van der Waals surface area contributed by atoms with E-state index in [4.69, 9.17) is 0 Å². The third kappa shape index (κ3) is 2.62. The number of hydrogen-bond donors (Lipinski definition) is 2. The molecule has 106 valence electrons. The van der Waals surface area contributed by atoms with Crippen LogP contribution >= 0.6 is 0 Å². The van der Waals surface area contributed by atoms with Crippen molar-refractivity contribution in [2.24, 2.45) is 0 Å². The molecule has 2 rings (SSSR count). The first kappa shape index (κ1) is 14.0. The molecule has 0 saturated carbocycles. The normalized spacial score (nSPS) is 11.2. The zero-order valence-corrected chi connectivity index (χ0v) is 11.3. The number of nitrogens with zero attached hydrogens (tertiary/aromatic N) is 2. The van der Waals surface area contributed by atoms with E-state index in [9.17, 15) is 18.5 Å². The van der Waals surface area contributed by atoms with Crippen LogP contribution in [0.3, 0.4) is 0 Å². The van der Waals surface area contributed by atoms with Crippen LogP contribution in [-0.2, 0) is 16.4 Å². The first-order valence-corrected chi connectivity index (χ1v) is 7.22. The highest BCUT2D eigenvalue weighted by Crippen LogP contribution is 2.25. The van der Waals surface area contributed by atoms with Gasteiger partial charge in [-0.05, 0) is 12.5 Å². The zero-order valence-electron chi connectivity index (χ0n) is 10.5. The Morgan fingerprint density at radius 3 is 2.75 bits per heavy atom. The van der Waals surface area contributed by atoms with Gasteiger partial charge in [0.25, 0.3) is 15.7 Å². The van der Waals surface area contributed by atoms with Gasteiger partial charge in [-0.1, -0.05) is 19.1 Å². The lowest BCUT2D eigenvalue weighted by Crippen LogP contribution is -2.15. The highest BCUT2D eigenvalue weighted by molar-refractivity contribution is 7.92. The maximum Gasteiger partial charge on any atom is 0.289 e. The molecular weight excluding hydrogens is 284 g/mol. The Labute approximate surface area is 115 Å². The highest BCUT2D eigenvalue weighted by Gasteiger charge is 2.26. The molecule has 9 heteroatoms. The maximum absolute atomic E-state index is 12.2. The van der Waals surface area contributed by atoms with E-state index in [-0.39, 0.29) is 10.7 Å². The Morgan fingerprint density at radius 1 is 1.40 bits per heavy atom. The van der Waals surface area contributed by atoms with E-state index in [0.717, 1.165) is 6.07 Å². The van der Waals surface area contributed by atoms with Crippen LogP contribution in [0, 0.1) is 10.1 Å². The first-order chi connectivity index (χ1) is 9.45. The van der Waals surface area contributed by atoms with Crippen molar-refractivity contribution < 1.29 is 13.3 Å². The Balaban J connectivity index is 2.44. The highest BCUT2D eigenvalue weighted by atomic mass is 32.2. The molecule has 0 unspecified atom stereocenters. The fourth-order valence-electron chi connectivity index (χ4n) is 1.69. The van der Waals surface area contributed by atoms with Crippen molar-refractivity contribution in [3.05, 3.63) is 46.1 Å². The van der Waals surface area contributed by atoms with Crippen molar-refractivity contribution in [1.29, 1.82) is 0 Å². The molecule has 20 heavy (non-hydrogen) atoms. The predicted octanol–water partition coefficient (Wildman–Crippen LogP) is 1.68. The van der Waals surface area contributed by atoms with E-state index < -0.39 is 20.6 Å². The standard InChI is InChI=1S/C11H12N4O4S/c1-2-8-7-12-13-11(8)14-20(18,19)10-6-4-3-5-9(10)15(16)17/h3-7H,2H2,1H3,(H2,12,13,14). The molecule has 0 amide bonds. The van der Waals surface area contributed by atoms with Crippen molar-refractivity contribution in [3.63, 3.8) is 0 Å². The van der Waals surface area contributed by atoms with E-state index >= 15 is 0 Å². The summed E-state index contributed by atoms with van der Waals surface area (Å²) >= 11 is 0. The number of nitro groups is 1. The number of benzene rings is 1. The third-order valence-electron chi connectivity index (χ3n) is 2.69. The van der Waals surface area contributed by atoms with Crippen LogP contribution in [0.5, 0.6) is 0 Å². The molecule has 1 aromatic carbocycles. The third-order valence-corrected chi connectivity index (χ3v) is 4.08. The lowest BCUT2D eigenvalue weighted by atomic mass is 10.3. The van der Waals surface area contributed by atoms with Gasteiger partial charge in [-0.3, -0.25) is 19.9 Å². The number of sulfonamides is 1. The number of hydrogen-bond acceptors (Lipinski definition) is 5. The minimum absolute atomic E-state index is 0.214. The number of H-pyrrole nitrogens is 1. The minimum atomic E-state index is -4.05. The van der Waals surface area contributed by atoms with Gasteiger partial charge in [-0.2, -0.15) is 5.10 Å². The molecule has 1 aromatic heterocycles. The van der Waals surface area contributed by atoms with E-state index in [0.29, 0.717) is 12.0 Å². The number of rotatable bonds is 5. The van der Waals surface area contributed by atoms with Crippen molar-refractivity contribution in [3.8, 4) is 0 Å². The second-order valence-corrected chi connectivity index (χ2v) is 5.60. The topological polar surface area (TPSA) is 118 Å². The number of aryl methyl sites for hydroxylation is 1. The van der Waals surface area contributed by atoms with Gasteiger partial charge >= 0.3 is 0 Å². The van der Waals surface area contributed by atoms with Gasteiger partial charge in [0.05, 0.1) is 11.1 Å². The average molecular weight is 296 g/mol. The minimum Gasteiger partial charge on any atom is -0.263 e. The summed E-state index contributed by atoms with van der Waals surface area (Å²) in [4.78, 5) is 9.77. The van der Waals surface area contributed by atoms with Crippen LogP contribution in [0.4, 0.5) is 11.5 Å². The monoisotopic (exact) mass is 296 g/mol. The largest absolute Gasteiger partial charge is 0.289 e. The van der Waals surface area contributed by atoms with Gasteiger partial charge in [0.1, 0.15) is 5.82 Å². The molecule has 0 spiro atoms. The second-order valence-electron chi connectivity index (χ2n) is 3.95. The summed E-state index contributed by atoms with van der Waals surface area (Å²) in [6, 6.07) is 5.16. The van der Waals surface area contributed by atoms with Crippen molar-refractivity contribution >= 4 is 21.5 Å². The molecule has 0 aliphatic rings. The van der Waals surface area contributed by atoms with Gasteiger partial charge in [-0.15, -0.1) is 0 Å². The number of nitrogens with one attached hydrogen (secondary N) is 2. The smallest absolute Gasteiger partial charge is 0.263 e. The number of aromatic amines is 1. The first-order valence-electron chi connectivity index (χ1n) is 5.74. The molecule has 0 fully saturated rings. The molecule has 0 radical (unpaired) electrons. The van der Waals surface area contributed by atoms with Crippen molar-refractivity contribution in [2.45, 2.75) is 18.2 Å². The van der Waals surface area contributed by atoms with Crippen LogP contribution in [0.2, 0.25) is 0 Å². The SMILES string of the molecule is CCc1cn[nH]c1NS(=O)(=O)c1ccccc1[N+](=O)[O-]. The number of anilines is 1. The number of para-hydroxylation sites is 1. The van der Waals surface area contributed by atoms with Gasteiger partial charge in [0.2, 0.25) is 0 Å². The van der Waals surface area contributed by atoms with E-state index in [1.165, 1.54) is 24.4 Å². The number of aromatic nitrogens is 2. The van der Waals surface area contributed by atoms with E-state index in [1.54, 1.807) is 0 Å². The summed E-state index contributed by atoms with van der Waals surface area (Å²) in [5.74, 6) is 0.214. The summed E-state index contributed by atoms with van der Waals surface area (Å²) in [6.07, 6.45) is 2.07. The lowest BCUT2D eigenvalue weighted by molar-refractivity contribution is -0.387. The fourth-order valence-corrected chi connectivity index (χ4v) is 2.92. The summed E-state index contributed by atoms with van der Waals surface area (Å²) in [6.45, 7) is 1.84. The van der Waals surface area contributed by atoms with Crippen molar-refractivity contribution in [1.82, 2.24) is 10.2 Å². The summed E-state index contributed by atoms with van der Waals surface area (Å²) in [5.41, 5.74) is 0.199. The lowest BCUT2D eigenvalue weighted by Gasteiger charge is -2.07. The van der Waals surface area contributed by atoms with Gasteiger partial charge in [0.15, 0.2) is 4.90 Å². The van der Waals surface area contributed by atoms with Gasteiger partial charge in [-0.25, -0.2) is 8.42 Å². The summed E-state index contributed by atoms with van der Waals surface area (Å²) < 4.78 is 26.7. The van der Waals surface area contributed by atoms with Crippen LogP contribution < -0.4 is 4.72 Å². The van der Waals surface area contributed by atoms with Crippen LogP contribution in [0.15, 0.2) is 35.4 Å². The molecule has 0 aliphatic heterocycles. The Hall–Kier alpha value is -2.42. The molecule has 1 heterocycles. The number of nitro benzene ring substituents is 1. The molecule has 0 atom stereocenters. The van der Waals surface area contributed by atoms with E-state index in [2.05, 4.69) is 14.9 Å². The predicted molar refractivity (Wildman–Crippen MR) is 71.9 cm³/mol. The molecular formula is C11H12N4O4S. The van der Waals surface area contributed by atoms with Crippen LogP contribution in [0.1, 0.15) is 12.5 Å². The van der Waals surface area contributed by atoms with Gasteiger partial charge < -0.3 is 0 Å². The van der Waals surface area contributed by atoms with Gasteiger partial charge in [0, 0.05) is 11.6 Å². The zero-order chi connectivity index (χ0) is 14.8. The second kappa shape index (κ2) is 5.29. The Morgan fingerprint density at radius 2 is 2.10 bits per heavy atom. The Kier molecular flexibility index (Phi) is 3.70. The summed E-state index contributed by atoms with van der Waals surface area (Å²) in [5, 5.41) is 17.2. The quantitative estimate of drug-likeness (QED) is 0.642. The molecule has 8 nitrogen and oxygen atoms in total. The van der Waals surface area contributed by atoms with Crippen LogP contribution in [0.25, 0.3) is 0 Å². The fraction of sp³-hybridized carbons (Fsp3) is 0.182. The van der Waals surface area contributed by atoms with E-state index in [1.807, 2.05) is 6.92 Å². The molecule has 0 aliphatic carbocycles. The Bertz CT molecular complexity index is 738. The molecule has 0 bridgehead atoms. The average Bonchev–Trinajstić information content (AvgIpc) is 2.85. The van der Waals surface area contributed by atoms with Crippen molar-refractivity contribution in [2.75, 3.05) is 4.72 Å². The maximum atomic E-state index is 12.2.